The van der Waals surface area contributed by atoms with E-state index in [1.807, 2.05) is 35.0 Å². The first-order chi connectivity index (χ1) is 20.6. The number of pyridine rings is 1. The highest BCUT2D eigenvalue weighted by Crippen LogP contribution is 2.37. The molecule has 1 atom stereocenters. The Kier molecular flexibility index (Phi) is 8.03. The van der Waals surface area contributed by atoms with Crippen LogP contribution in [0.2, 0.25) is 5.02 Å². The highest BCUT2D eigenvalue weighted by molar-refractivity contribution is 6.32. The number of nitrogens with one attached hydrogen (secondary N) is 2. The first kappa shape index (κ1) is 29.4. The maximum Gasteiger partial charge on any atom is 0.109 e. The van der Waals surface area contributed by atoms with E-state index in [0.29, 0.717) is 36.4 Å². The number of benzene rings is 2. The zero-order valence-corrected chi connectivity index (χ0v) is 26.0. The van der Waals surface area contributed by atoms with Crippen molar-refractivity contribution in [3.8, 4) is 6.07 Å². The molecule has 6 rings (SSSR count). The molecular formula is C33H39ClN8O. The van der Waals surface area contributed by atoms with Crippen LogP contribution in [0.25, 0.3) is 10.9 Å². The molecule has 0 spiro atoms. The van der Waals surface area contributed by atoms with E-state index < -0.39 is 0 Å². The van der Waals surface area contributed by atoms with Crippen LogP contribution in [0.3, 0.4) is 0 Å². The van der Waals surface area contributed by atoms with Gasteiger partial charge in [-0.15, -0.1) is 5.10 Å². The number of hydrogen-bond acceptors (Lipinski definition) is 8. The summed E-state index contributed by atoms with van der Waals surface area (Å²) < 4.78 is 7.47. The van der Waals surface area contributed by atoms with E-state index in [1.54, 1.807) is 6.20 Å². The number of fused-ring (bicyclic) bond motifs is 1. The van der Waals surface area contributed by atoms with Crippen molar-refractivity contribution in [2.45, 2.75) is 58.2 Å². The van der Waals surface area contributed by atoms with E-state index in [2.05, 4.69) is 77.9 Å². The molecule has 10 heteroatoms. The van der Waals surface area contributed by atoms with Gasteiger partial charge in [-0.25, -0.2) is 4.68 Å². The Labute approximate surface area is 258 Å². The molecule has 0 saturated carbocycles. The molecule has 2 aromatic heterocycles. The third-order valence-electron chi connectivity index (χ3n) is 8.69. The Morgan fingerprint density at radius 2 is 1.91 bits per heavy atom. The van der Waals surface area contributed by atoms with Crippen molar-refractivity contribution >= 4 is 33.9 Å². The maximum atomic E-state index is 9.90. The van der Waals surface area contributed by atoms with E-state index >= 15 is 0 Å². The minimum atomic E-state index is -0.286. The van der Waals surface area contributed by atoms with Gasteiger partial charge in [-0.2, -0.15) is 5.26 Å². The molecule has 0 amide bonds. The zero-order chi connectivity index (χ0) is 30.2. The lowest BCUT2D eigenvalue weighted by Crippen LogP contribution is -2.46. The number of rotatable bonds is 8. The lowest BCUT2D eigenvalue weighted by molar-refractivity contribution is -0.0924. The van der Waals surface area contributed by atoms with Crippen molar-refractivity contribution < 1.29 is 4.74 Å². The lowest BCUT2D eigenvalue weighted by Gasteiger charge is -2.40. The van der Waals surface area contributed by atoms with Gasteiger partial charge in [0.1, 0.15) is 11.8 Å². The van der Waals surface area contributed by atoms with Gasteiger partial charge in [0.2, 0.25) is 0 Å². The SMILES string of the molecule is CC1(CNc2c(C#N)cnc3c(N[C@@H](c4ccccc4)c4cn(C5CCN(C(C)(C)C)CC5)nn4)cc(Cl)cc23)COC1. The van der Waals surface area contributed by atoms with E-state index in [1.165, 1.54) is 0 Å². The minimum absolute atomic E-state index is 0.0234. The summed E-state index contributed by atoms with van der Waals surface area (Å²) in [6.45, 7) is 13.1. The summed E-state index contributed by atoms with van der Waals surface area (Å²) in [6.07, 6.45) is 5.77. The van der Waals surface area contributed by atoms with Gasteiger partial charge in [0.15, 0.2) is 0 Å². The Morgan fingerprint density at radius 3 is 2.56 bits per heavy atom. The van der Waals surface area contributed by atoms with Crippen molar-refractivity contribution in [3.63, 3.8) is 0 Å². The van der Waals surface area contributed by atoms with Crippen LogP contribution < -0.4 is 10.6 Å². The van der Waals surface area contributed by atoms with E-state index in [4.69, 9.17) is 21.3 Å². The Bertz CT molecular complexity index is 1630. The van der Waals surface area contributed by atoms with Crippen molar-refractivity contribution in [2.75, 3.05) is 43.5 Å². The molecule has 2 fully saturated rings. The second-order valence-electron chi connectivity index (χ2n) is 13.2. The molecule has 43 heavy (non-hydrogen) atoms. The number of halogens is 1. The molecule has 2 N–H and O–H groups in total. The van der Waals surface area contributed by atoms with Crippen LogP contribution in [0.5, 0.6) is 0 Å². The van der Waals surface area contributed by atoms with Crippen LogP contribution in [0, 0.1) is 16.7 Å². The number of piperidine rings is 1. The quantitative estimate of drug-likeness (QED) is 0.239. The summed E-state index contributed by atoms with van der Waals surface area (Å²) in [5, 5.41) is 27.7. The largest absolute Gasteiger partial charge is 0.383 e. The van der Waals surface area contributed by atoms with Gasteiger partial charge in [-0.05, 0) is 51.3 Å². The van der Waals surface area contributed by atoms with Crippen molar-refractivity contribution in [1.82, 2.24) is 24.9 Å². The maximum absolute atomic E-state index is 9.90. The fraction of sp³-hybridized carbons (Fsp3) is 0.455. The summed E-state index contributed by atoms with van der Waals surface area (Å²) in [6, 6.07) is 16.3. The van der Waals surface area contributed by atoms with Crippen LogP contribution in [-0.4, -0.2) is 63.3 Å². The third kappa shape index (κ3) is 6.19. The summed E-state index contributed by atoms with van der Waals surface area (Å²) in [5.74, 6) is 0. The standard InChI is InChI=1S/C33H39ClN8O/c1-32(2,3)41-12-10-25(11-13-41)42-18-28(39-40-42)30(22-8-6-5-7-9-22)38-27-15-24(34)14-26-29(23(16-35)17-36-31(26)27)37-19-33(4)20-43-21-33/h5-9,14-15,17-18,25,30,38H,10-13,19-21H2,1-4H3,(H,36,37)/t30-/m0/s1. The highest BCUT2D eigenvalue weighted by atomic mass is 35.5. The monoisotopic (exact) mass is 598 g/mol. The van der Waals surface area contributed by atoms with Gasteiger partial charge >= 0.3 is 0 Å². The Morgan fingerprint density at radius 1 is 1.16 bits per heavy atom. The number of anilines is 2. The first-order valence-corrected chi connectivity index (χ1v) is 15.3. The molecule has 2 saturated heterocycles. The molecule has 4 heterocycles. The molecule has 2 aliphatic rings. The average Bonchev–Trinajstić information content (AvgIpc) is 3.47. The number of nitrogens with zero attached hydrogens (tertiary/aromatic N) is 6. The molecule has 2 aliphatic heterocycles. The normalized spacial score (nSPS) is 18.1. The highest BCUT2D eigenvalue weighted by Gasteiger charge is 2.34. The first-order valence-electron chi connectivity index (χ1n) is 15.0. The van der Waals surface area contributed by atoms with Crippen LogP contribution in [-0.2, 0) is 4.74 Å². The minimum Gasteiger partial charge on any atom is -0.383 e. The van der Waals surface area contributed by atoms with Crippen molar-refractivity contribution in [2.24, 2.45) is 5.41 Å². The van der Waals surface area contributed by atoms with E-state index in [-0.39, 0.29) is 17.0 Å². The van der Waals surface area contributed by atoms with Gasteiger partial charge in [0.25, 0.3) is 0 Å². The molecular weight excluding hydrogens is 560 g/mol. The Hall–Kier alpha value is -3.71. The fourth-order valence-electron chi connectivity index (χ4n) is 6.04. The van der Waals surface area contributed by atoms with Crippen LogP contribution >= 0.6 is 11.6 Å². The predicted molar refractivity (Wildman–Crippen MR) is 170 cm³/mol. The lowest BCUT2D eigenvalue weighted by atomic mass is 9.88. The van der Waals surface area contributed by atoms with Crippen LogP contribution in [0.4, 0.5) is 11.4 Å². The van der Waals surface area contributed by atoms with Gasteiger partial charge in [0, 0.05) is 47.2 Å². The Balaban J connectivity index is 1.33. The summed E-state index contributed by atoms with van der Waals surface area (Å²) in [7, 11) is 0. The summed E-state index contributed by atoms with van der Waals surface area (Å²) in [4.78, 5) is 7.26. The summed E-state index contributed by atoms with van der Waals surface area (Å²) in [5.41, 5.74) is 4.76. The van der Waals surface area contributed by atoms with E-state index in [9.17, 15) is 5.26 Å². The number of ether oxygens (including phenoxy) is 1. The molecule has 2 aromatic carbocycles. The number of likely N-dealkylation sites (tertiary alicyclic amines) is 1. The topological polar surface area (TPSA) is 104 Å². The average molecular weight is 599 g/mol. The second kappa shape index (κ2) is 11.8. The second-order valence-corrected chi connectivity index (χ2v) is 13.6. The fourth-order valence-corrected chi connectivity index (χ4v) is 6.26. The van der Waals surface area contributed by atoms with Crippen LogP contribution in [0.15, 0.2) is 54.9 Å². The molecule has 0 aliphatic carbocycles. The van der Waals surface area contributed by atoms with Gasteiger partial charge < -0.3 is 15.4 Å². The zero-order valence-electron chi connectivity index (χ0n) is 25.3. The van der Waals surface area contributed by atoms with Crippen molar-refractivity contribution in [1.29, 1.82) is 5.26 Å². The van der Waals surface area contributed by atoms with E-state index in [0.717, 1.165) is 59.5 Å². The predicted octanol–water partition coefficient (Wildman–Crippen LogP) is 6.44. The molecule has 224 valence electrons. The van der Waals surface area contributed by atoms with Gasteiger partial charge in [-0.3, -0.25) is 9.88 Å². The molecule has 0 bridgehead atoms. The van der Waals surface area contributed by atoms with Crippen molar-refractivity contribution in [3.05, 3.63) is 76.7 Å². The number of nitriles is 1. The molecule has 9 nitrogen and oxygen atoms in total. The smallest absolute Gasteiger partial charge is 0.109 e. The van der Waals surface area contributed by atoms with Crippen LogP contribution in [0.1, 0.15) is 69.4 Å². The van der Waals surface area contributed by atoms with Gasteiger partial charge in [0.05, 0.1) is 53.9 Å². The summed E-state index contributed by atoms with van der Waals surface area (Å²) >= 11 is 6.71. The third-order valence-corrected chi connectivity index (χ3v) is 8.91. The molecule has 0 radical (unpaired) electrons. The molecule has 4 aromatic rings. The number of aromatic nitrogens is 4. The number of hydrogen-bond donors (Lipinski definition) is 2. The molecule has 0 unspecified atom stereocenters. The van der Waals surface area contributed by atoms with Gasteiger partial charge in [-0.1, -0.05) is 54.1 Å².